The molecule has 1 heterocycles. The number of nitrogens with zero attached hydrogens (tertiary/aromatic N) is 1. The Labute approximate surface area is 218 Å². The Morgan fingerprint density at radius 3 is 2.16 bits per heavy atom. The van der Waals surface area contributed by atoms with E-state index in [-0.39, 0.29) is 61.7 Å². The number of thioether (sulfide) groups is 1. The molecule has 0 atom stereocenters. The van der Waals surface area contributed by atoms with Crippen LogP contribution < -0.4 is 9.47 Å². The molecule has 1 N–H and O–H groups in total. The Morgan fingerprint density at radius 1 is 0.919 bits per heavy atom. The highest BCUT2D eigenvalue weighted by atomic mass is 32.2. The van der Waals surface area contributed by atoms with Gasteiger partial charge in [0.1, 0.15) is 0 Å². The van der Waals surface area contributed by atoms with Crippen LogP contribution in [-0.2, 0) is 25.6 Å². The molecule has 0 unspecified atom stereocenters. The van der Waals surface area contributed by atoms with Crippen molar-refractivity contribution in [2.75, 3.05) is 39.2 Å². The average molecular weight is 529 g/mol. The number of hydrogen-bond acceptors (Lipinski definition) is 10. The first kappa shape index (κ1) is 27.7. The van der Waals surface area contributed by atoms with Crippen molar-refractivity contribution < 1.29 is 38.1 Å². The number of nitrogens with one attached hydrogen (secondary N) is 1. The summed E-state index contributed by atoms with van der Waals surface area (Å²) in [6.07, 6.45) is 1.81. The molecule has 1 aliphatic rings. The van der Waals surface area contributed by atoms with Gasteiger partial charge in [0.2, 0.25) is 0 Å². The molecule has 11 heteroatoms. The van der Waals surface area contributed by atoms with E-state index in [1.165, 1.54) is 34.9 Å². The number of amides is 1. The first-order valence-electron chi connectivity index (χ1n) is 11.6. The maximum atomic E-state index is 13.1. The smallest absolute Gasteiger partial charge is 0.344 e. The summed E-state index contributed by atoms with van der Waals surface area (Å²) in [5.74, 6) is -1.59. The van der Waals surface area contributed by atoms with Crippen LogP contribution >= 0.6 is 11.8 Å². The Kier molecular flexibility index (Phi) is 9.67. The predicted molar refractivity (Wildman–Crippen MR) is 137 cm³/mol. The van der Waals surface area contributed by atoms with E-state index in [2.05, 4.69) is 0 Å². The number of carbonyl (C=O) groups is 4. The highest BCUT2D eigenvalue weighted by molar-refractivity contribution is 8.13. The van der Waals surface area contributed by atoms with Crippen LogP contribution in [0.15, 0.2) is 36.4 Å². The summed E-state index contributed by atoms with van der Waals surface area (Å²) in [7, 11) is 0. The third kappa shape index (κ3) is 7.10. The number of hydrogen-bond donors (Lipinski definition) is 1. The maximum Gasteiger partial charge on any atom is 0.344 e. The molecule has 0 saturated carbocycles. The molecule has 0 saturated heterocycles. The van der Waals surface area contributed by atoms with Gasteiger partial charge in [0.25, 0.3) is 5.91 Å². The van der Waals surface area contributed by atoms with Crippen molar-refractivity contribution in [3.63, 3.8) is 0 Å². The third-order valence-electron chi connectivity index (χ3n) is 5.35. The lowest BCUT2D eigenvalue weighted by atomic mass is 10.1. The lowest BCUT2D eigenvalue weighted by molar-refractivity contribution is -0.146. The number of fused-ring (bicyclic) bond motifs is 1. The molecule has 0 aliphatic carbocycles. The Hall–Kier alpha value is -3.86. The second-order valence-corrected chi connectivity index (χ2v) is 8.65. The molecule has 3 rings (SSSR count). The van der Waals surface area contributed by atoms with E-state index < -0.39 is 18.5 Å². The van der Waals surface area contributed by atoms with Gasteiger partial charge in [0.15, 0.2) is 30.5 Å². The van der Waals surface area contributed by atoms with Crippen LogP contribution in [0.4, 0.5) is 0 Å². The maximum absolute atomic E-state index is 13.1. The van der Waals surface area contributed by atoms with Gasteiger partial charge in [-0.2, -0.15) is 0 Å². The summed E-state index contributed by atoms with van der Waals surface area (Å²) in [5, 5.41) is 8.39. The summed E-state index contributed by atoms with van der Waals surface area (Å²) in [5.41, 5.74) is 2.21. The van der Waals surface area contributed by atoms with Crippen molar-refractivity contribution in [3.8, 4) is 11.5 Å². The Morgan fingerprint density at radius 2 is 1.54 bits per heavy atom. The minimum Gasteiger partial charge on any atom is -0.478 e. The molecule has 0 fully saturated rings. The van der Waals surface area contributed by atoms with Gasteiger partial charge in [-0.1, -0.05) is 6.07 Å². The molecule has 2 aromatic rings. The monoisotopic (exact) mass is 528 g/mol. The number of rotatable bonds is 12. The van der Waals surface area contributed by atoms with Crippen LogP contribution in [0.1, 0.15) is 45.7 Å². The lowest BCUT2D eigenvalue weighted by Gasteiger charge is -2.16. The molecule has 10 nitrogen and oxygen atoms in total. The first-order chi connectivity index (χ1) is 17.8. The van der Waals surface area contributed by atoms with E-state index in [1.807, 2.05) is 6.26 Å². The van der Waals surface area contributed by atoms with Crippen LogP contribution in [0, 0.1) is 5.41 Å². The number of carbonyl (C=O) groups excluding carboxylic acids is 4. The van der Waals surface area contributed by atoms with Crippen LogP contribution in [0.25, 0.3) is 0 Å². The summed E-state index contributed by atoms with van der Waals surface area (Å²) in [4.78, 5) is 50.8. The van der Waals surface area contributed by atoms with Crippen molar-refractivity contribution in [1.82, 2.24) is 4.90 Å². The topological polar surface area (TPSA) is 132 Å². The van der Waals surface area contributed by atoms with E-state index in [0.29, 0.717) is 16.2 Å². The van der Waals surface area contributed by atoms with Gasteiger partial charge in [0.05, 0.1) is 24.8 Å². The van der Waals surface area contributed by atoms with Gasteiger partial charge in [-0.05, 0) is 56.0 Å². The van der Waals surface area contributed by atoms with Gasteiger partial charge in [0, 0.05) is 23.2 Å². The molecule has 0 aromatic heterocycles. The molecule has 1 aliphatic heterocycles. The second-order valence-electron chi connectivity index (χ2n) is 7.84. The predicted octanol–water partition coefficient (Wildman–Crippen LogP) is 3.10. The lowest BCUT2D eigenvalue weighted by Crippen LogP contribution is -2.30. The summed E-state index contributed by atoms with van der Waals surface area (Å²) in [6.45, 7) is 2.98. The molecule has 0 bridgehead atoms. The van der Waals surface area contributed by atoms with E-state index in [4.69, 9.17) is 24.4 Å². The minimum atomic E-state index is -0.607. The van der Waals surface area contributed by atoms with Crippen molar-refractivity contribution in [2.45, 2.75) is 20.4 Å². The van der Waals surface area contributed by atoms with Crippen molar-refractivity contribution in [3.05, 3.63) is 58.7 Å². The van der Waals surface area contributed by atoms with E-state index in [0.717, 1.165) is 5.56 Å². The molecule has 0 spiro atoms. The zero-order valence-electron chi connectivity index (χ0n) is 20.8. The quantitative estimate of drug-likeness (QED) is 0.191. The summed E-state index contributed by atoms with van der Waals surface area (Å²) in [6, 6.07) is 9.54. The Balaban J connectivity index is 1.75. The number of esters is 2. The standard InChI is InChI=1S/C26H28N2O8S/c1-4-33-23(30)14-35-21-9-7-16(11-22(21)36-15-24(31)34-5-2)20(29)13-28-12-18-10-17(25(27)37-3)6-8-19(18)26(28)32/h6-11,27H,4-5,12-15H2,1-3H3. The number of ketones is 1. The van der Waals surface area contributed by atoms with Crippen molar-refractivity contribution in [2.24, 2.45) is 0 Å². The molecule has 1 amide bonds. The summed E-state index contributed by atoms with van der Waals surface area (Å²) < 4.78 is 20.7. The normalized spacial score (nSPS) is 12.1. The molecule has 196 valence electrons. The van der Waals surface area contributed by atoms with Gasteiger partial charge in [-0.15, -0.1) is 11.8 Å². The number of benzene rings is 2. The summed E-state index contributed by atoms with van der Waals surface area (Å²) >= 11 is 1.30. The molecular formula is C26H28N2O8S. The molecule has 0 radical (unpaired) electrons. The van der Waals surface area contributed by atoms with Crippen LogP contribution in [0.5, 0.6) is 11.5 Å². The zero-order chi connectivity index (χ0) is 26.9. The highest BCUT2D eigenvalue weighted by Crippen LogP contribution is 2.30. The number of ether oxygens (including phenoxy) is 4. The first-order valence-corrected chi connectivity index (χ1v) is 12.8. The van der Waals surface area contributed by atoms with Gasteiger partial charge < -0.3 is 23.8 Å². The fraction of sp³-hybridized carbons (Fsp3) is 0.346. The zero-order valence-corrected chi connectivity index (χ0v) is 21.6. The SMILES string of the molecule is CCOC(=O)COc1ccc(C(=O)CN2Cc3cc(C(=N)SC)ccc3C2=O)cc1OCC(=O)OCC. The van der Waals surface area contributed by atoms with E-state index in [9.17, 15) is 19.2 Å². The largest absolute Gasteiger partial charge is 0.478 e. The third-order valence-corrected chi connectivity index (χ3v) is 6.00. The highest BCUT2D eigenvalue weighted by Gasteiger charge is 2.29. The van der Waals surface area contributed by atoms with Crippen LogP contribution in [0.3, 0.4) is 0 Å². The van der Waals surface area contributed by atoms with Crippen LogP contribution in [-0.4, -0.2) is 72.8 Å². The van der Waals surface area contributed by atoms with Crippen molar-refractivity contribution >= 4 is 40.4 Å². The second kappa shape index (κ2) is 12.9. The van der Waals surface area contributed by atoms with Gasteiger partial charge in [-0.3, -0.25) is 15.0 Å². The molecule has 37 heavy (non-hydrogen) atoms. The van der Waals surface area contributed by atoms with E-state index >= 15 is 0 Å². The van der Waals surface area contributed by atoms with Crippen molar-refractivity contribution in [1.29, 1.82) is 5.41 Å². The van der Waals surface area contributed by atoms with Crippen LogP contribution in [0.2, 0.25) is 0 Å². The fourth-order valence-corrected chi connectivity index (χ4v) is 3.99. The van der Waals surface area contributed by atoms with Gasteiger partial charge >= 0.3 is 11.9 Å². The Bertz CT molecular complexity index is 1210. The fourth-order valence-electron chi connectivity index (χ4n) is 3.62. The van der Waals surface area contributed by atoms with E-state index in [1.54, 1.807) is 32.0 Å². The number of Topliss-reactive ketones (excluding diaryl/α,β-unsaturated/α-hetero) is 1. The van der Waals surface area contributed by atoms with Gasteiger partial charge in [-0.25, -0.2) is 9.59 Å². The molecular weight excluding hydrogens is 500 g/mol. The minimum absolute atomic E-state index is 0.0689. The molecule has 2 aromatic carbocycles. The average Bonchev–Trinajstić information content (AvgIpc) is 3.20.